The molecule has 1 N–H and O–H groups in total. The van der Waals surface area contributed by atoms with E-state index in [-0.39, 0.29) is 5.57 Å². The van der Waals surface area contributed by atoms with E-state index < -0.39 is 5.97 Å². The minimum atomic E-state index is -1.02. The molecule has 2 aromatic rings. The second-order valence-corrected chi connectivity index (χ2v) is 5.18. The van der Waals surface area contributed by atoms with E-state index in [1.807, 2.05) is 19.1 Å². The highest BCUT2D eigenvalue weighted by Gasteiger charge is 2.15. The SMILES string of the molecule is COc1cc(OC)c(OC)cc1/C=C(\C(=O)O)c1ccc(C)cc1. The second kappa shape index (κ2) is 7.55. The van der Waals surface area contributed by atoms with E-state index in [1.165, 1.54) is 21.3 Å². The zero-order chi connectivity index (χ0) is 17.7. The lowest BCUT2D eigenvalue weighted by molar-refractivity contribution is -0.130. The van der Waals surface area contributed by atoms with Crippen LogP contribution in [0.4, 0.5) is 0 Å². The van der Waals surface area contributed by atoms with Gasteiger partial charge in [-0.1, -0.05) is 29.8 Å². The Morgan fingerprint density at radius 1 is 0.917 bits per heavy atom. The smallest absolute Gasteiger partial charge is 0.336 e. The van der Waals surface area contributed by atoms with Crippen LogP contribution in [0.2, 0.25) is 0 Å². The van der Waals surface area contributed by atoms with Crippen molar-refractivity contribution in [2.75, 3.05) is 21.3 Å². The predicted octanol–water partition coefficient (Wildman–Crippen LogP) is 3.65. The first-order valence-corrected chi connectivity index (χ1v) is 7.32. The molecule has 0 saturated heterocycles. The van der Waals surface area contributed by atoms with E-state index in [0.29, 0.717) is 28.4 Å². The van der Waals surface area contributed by atoms with Crippen LogP contribution >= 0.6 is 0 Å². The van der Waals surface area contributed by atoms with Crippen molar-refractivity contribution in [2.45, 2.75) is 6.92 Å². The van der Waals surface area contributed by atoms with E-state index in [2.05, 4.69) is 0 Å². The Kier molecular flexibility index (Phi) is 5.47. The van der Waals surface area contributed by atoms with Gasteiger partial charge in [0.05, 0.1) is 26.9 Å². The zero-order valence-electron chi connectivity index (χ0n) is 14.1. The van der Waals surface area contributed by atoms with Gasteiger partial charge < -0.3 is 19.3 Å². The number of methoxy groups -OCH3 is 3. The van der Waals surface area contributed by atoms with E-state index >= 15 is 0 Å². The predicted molar refractivity (Wildman–Crippen MR) is 92.8 cm³/mol. The number of aliphatic carboxylic acids is 1. The van der Waals surface area contributed by atoms with Crippen LogP contribution in [0.25, 0.3) is 11.6 Å². The minimum absolute atomic E-state index is 0.167. The number of hydrogen-bond donors (Lipinski definition) is 1. The van der Waals surface area contributed by atoms with E-state index in [9.17, 15) is 9.90 Å². The van der Waals surface area contributed by atoms with Crippen LogP contribution < -0.4 is 14.2 Å². The van der Waals surface area contributed by atoms with Gasteiger partial charge in [-0.25, -0.2) is 4.79 Å². The molecule has 0 atom stereocenters. The van der Waals surface area contributed by atoms with Gasteiger partial charge in [0.25, 0.3) is 0 Å². The summed E-state index contributed by atoms with van der Waals surface area (Å²) in [6.07, 6.45) is 1.56. The first kappa shape index (κ1) is 17.4. The Labute approximate surface area is 141 Å². The topological polar surface area (TPSA) is 65.0 Å². The van der Waals surface area contributed by atoms with Gasteiger partial charge in [0.2, 0.25) is 0 Å². The maximum Gasteiger partial charge on any atom is 0.336 e. The number of benzene rings is 2. The third kappa shape index (κ3) is 3.68. The lowest BCUT2D eigenvalue weighted by Gasteiger charge is -2.13. The molecule has 0 heterocycles. The summed E-state index contributed by atoms with van der Waals surface area (Å²) in [5.41, 5.74) is 2.44. The highest BCUT2D eigenvalue weighted by molar-refractivity contribution is 6.20. The number of carbonyl (C=O) groups is 1. The van der Waals surface area contributed by atoms with Crippen molar-refractivity contribution >= 4 is 17.6 Å². The van der Waals surface area contributed by atoms with E-state index in [1.54, 1.807) is 30.3 Å². The number of hydrogen-bond acceptors (Lipinski definition) is 4. The average Bonchev–Trinajstić information content (AvgIpc) is 2.59. The van der Waals surface area contributed by atoms with Gasteiger partial charge >= 0.3 is 5.97 Å². The van der Waals surface area contributed by atoms with Crippen LogP contribution in [0.5, 0.6) is 17.2 Å². The molecule has 0 amide bonds. The highest BCUT2D eigenvalue weighted by atomic mass is 16.5. The second-order valence-electron chi connectivity index (χ2n) is 5.18. The highest BCUT2D eigenvalue weighted by Crippen LogP contribution is 2.36. The summed E-state index contributed by atoms with van der Waals surface area (Å²) in [6.45, 7) is 1.95. The van der Waals surface area contributed by atoms with Gasteiger partial charge in [-0.3, -0.25) is 0 Å². The maximum absolute atomic E-state index is 11.7. The van der Waals surface area contributed by atoms with Gasteiger partial charge in [0.15, 0.2) is 11.5 Å². The number of rotatable bonds is 6. The molecule has 0 spiro atoms. The third-order valence-corrected chi connectivity index (χ3v) is 3.63. The molecule has 0 unspecified atom stereocenters. The zero-order valence-corrected chi connectivity index (χ0v) is 14.1. The Morgan fingerprint density at radius 2 is 1.46 bits per heavy atom. The monoisotopic (exact) mass is 328 g/mol. The largest absolute Gasteiger partial charge is 0.496 e. The van der Waals surface area contributed by atoms with Gasteiger partial charge in [0.1, 0.15) is 5.75 Å². The van der Waals surface area contributed by atoms with E-state index in [0.717, 1.165) is 5.56 Å². The Balaban J connectivity index is 2.60. The number of carboxylic acid groups (broad SMARTS) is 1. The Hall–Kier alpha value is -2.95. The number of ether oxygens (including phenoxy) is 3. The summed E-state index contributed by atoms with van der Waals surface area (Å²) in [4.78, 5) is 11.7. The number of carboxylic acids is 1. The molecule has 0 aliphatic carbocycles. The van der Waals surface area contributed by atoms with Crippen LogP contribution in [-0.2, 0) is 4.79 Å². The van der Waals surface area contributed by atoms with Gasteiger partial charge in [-0.05, 0) is 24.6 Å². The Morgan fingerprint density at radius 3 is 1.96 bits per heavy atom. The molecule has 0 saturated carbocycles. The molecular formula is C19H20O5. The van der Waals surface area contributed by atoms with Crippen molar-refractivity contribution in [3.05, 3.63) is 53.1 Å². The van der Waals surface area contributed by atoms with Crippen molar-refractivity contribution in [3.63, 3.8) is 0 Å². The van der Waals surface area contributed by atoms with Crippen LogP contribution in [0, 0.1) is 6.92 Å². The molecule has 5 nitrogen and oxygen atoms in total. The molecule has 2 aromatic carbocycles. The normalized spacial score (nSPS) is 11.1. The lowest BCUT2D eigenvalue weighted by atomic mass is 10.0. The van der Waals surface area contributed by atoms with Gasteiger partial charge in [-0.15, -0.1) is 0 Å². The van der Waals surface area contributed by atoms with Crippen LogP contribution in [-0.4, -0.2) is 32.4 Å². The van der Waals surface area contributed by atoms with Gasteiger partial charge in [0, 0.05) is 11.6 Å². The van der Waals surface area contributed by atoms with Crippen molar-refractivity contribution in [1.82, 2.24) is 0 Å². The van der Waals surface area contributed by atoms with Crippen LogP contribution in [0.1, 0.15) is 16.7 Å². The molecule has 5 heteroatoms. The molecule has 0 aromatic heterocycles. The molecule has 0 bridgehead atoms. The van der Waals surface area contributed by atoms with Crippen molar-refractivity contribution in [2.24, 2.45) is 0 Å². The molecular weight excluding hydrogens is 308 g/mol. The lowest BCUT2D eigenvalue weighted by Crippen LogP contribution is -2.01. The number of aryl methyl sites for hydroxylation is 1. The molecule has 2 rings (SSSR count). The Bertz CT molecular complexity index is 760. The fourth-order valence-electron chi connectivity index (χ4n) is 2.32. The third-order valence-electron chi connectivity index (χ3n) is 3.63. The quantitative estimate of drug-likeness (QED) is 0.648. The first-order valence-electron chi connectivity index (χ1n) is 7.32. The molecule has 126 valence electrons. The van der Waals surface area contributed by atoms with Crippen molar-refractivity contribution in [3.8, 4) is 17.2 Å². The van der Waals surface area contributed by atoms with E-state index in [4.69, 9.17) is 14.2 Å². The summed E-state index contributed by atoms with van der Waals surface area (Å²) in [6, 6.07) is 10.7. The fourth-order valence-corrected chi connectivity index (χ4v) is 2.32. The minimum Gasteiger partial charge on any atom is -0.496 e. The standard InChI is InChI=1S/C19H20O5/c1-12-5-7-13(8-6-12)15(19(20)21)9-14-10-17(23-3)18(24-4)11-16(14)22-2/h5-11H,1-4H3,(H,20,21)/b15-9-. The van der Waals surface area contributed by atoms with Gasteiger partial charge in [-0.2, -0.15) is 0 Å². The summed E-state index contributed by atoms with van der Waals surface area (Å²) >= 11 is 0. The van der Waals surface area contributed by atoms with Crippen molar-refractivity contribution < 1.29 is 24.1 Å². The summed E-state index contributed by atoms with van der Waals surface area (Å²) in [5, 5.41) is 9.58. The molecule has 0 radical (unpaired) electrons. The summed E-state index contributed by atoms with van der Waals surface area (Å²) in [5.74, 6) is 0.492. The first-order chi connectivity index (χ1) is 11.5. The van der Waals surface area contributed by atoms with Crippen LogP contribution in [0.3, 0.4) is 0 Å². The van der Waals surface area contributed by atoms with Crippen molar-refractivity contribution in [1.29, 1.82) is 0 Å². The molecule has 0 aliphatic heterocycles. The summed E-state index contributed by atoms with van der Waals surface area (Å²) < 4.78 is 15.9. The average molecular weight is 328 g/mol. The molecule has 0 fully saturated rings. The summed E-state index contributed by atoms with van der Waals surface area (Å²) in [7, 11) is 4.57. The molecule has 24 heavy (non-hydrogen) atoms. The molecule has 0 aliphatic rings. The fraction of sp³-hybridized carbons (Fsp3) is 0.211. The van der Waals surface area contributed by atoms with Crippen LogP contribution in [0.15, 0.2) is 36.4 Å². The maximum atomic E-state index is 11.7.